The normalized spacial score (nSPS) is 12.2. The van der Waals surface area contributed by atoms with Crippen LogP contribution in [0.4, 0.5) is 5.69 Å². The molecule has 0 heterocycles. The third-order valence-electron chi connectivity index (χ3n) is 3.16. The highest BCUT2D eigenvalue weighted by Gasteiger charge is 2.30. The van der Waals surface area contributed by atoms with Crippen molar-refractivity contribution in [2.24, 2.45) is 5.73 Å². The van der Waals surface area contributed by atoms with E-state index in [0.29, 0.717) is 9.69 Å². The molecule has 2 aromatic carbocycles. The first-order chi connectivity index (χ1) is 10.4. The maximum Gasteiger partial charge on any atom is 0.328 e. The molecule has 0 saturated carbocycles. The van der Waals surface area contributed by atoms with Gasteiger partial charge in [0.1, 0.15) is 0 Å². The van der Waals surface area contributed by atoms with E-state index >= 15 is 0 Å². The first-order valence-corrected chi connectivity index (χ1v) is 7.47. The minimum Gasteiger partial charge on any atom is -0.480 e. The summed E-state index contributed by atoms with van der Waals surface area (Å²) in [6, 6.07) is 10.3. The molecule has 0 bridgehead atoms. The van der Waals surface area contributed by atoms with Crippen molar-refractivity contribution in [2.75, 3.05) is 4.31 Å². The third kappa shape index (κ3) is 3.17. The molecule has 2 rings (SSSR count). The number of benzene rings is 2. The fourth-order valence-corrected chi connectivity index (χ4v) is 3.01. The Hall–Kier alpha value is -2.61. The summed E-state index contributed by atoms with van der Waals surface area (Å²) in [6.07, 6.45) is -0.609. The van der Waals surface area contributed by atoms with E-state index in [1.807, 2.05) is 0 Å². The second-order valence-corrected chi connectivity index (χ2v) is 5.51. The Bertz CT molecular complexity index is 789. The fourth-order valence-electron chi connectivity index (χ4n) is 2.25. The summed E-state index contributed by atoms with van der Waals surface area (Å²) in [4.78, 5) is 22.4. The van der Waals surface area contributed by atoms with E-state index in [1.165, 1.54) is 6.07 Å². The lowest BCUT2D eigenvalue weighted by molar-refractivity contribution is -0.139. The van der Waals surface area contributed by atoms with Gasteiger partial charge in [-0.2, -0.15) is 0 Å². The molecule has 0 fully saturated rings. The molecule has 3 N–H and O–H groups in total. The largest absolute Gasteiger partial charge is 0.480 e. The molecule has 0 aliphatic carbocycles. The Labute approximate surface area is 128 Å². The molecule has 0 spiro atoms. The van der Waals surface area contributed by atoms with Crippen molar-refractivity contribution in [3.8, 4) is 0 Å². The Morgan fingerprint density at radius 1 is 1.14 bits per heavy atom. The van der Waals surface area contributed by atoms with E-state index < -0.39 is 35.2 Å². The number of rotatable bonds is 6. The lowest BCUT2D eigenvalue weighted by Gasteiger charge is -2.25. The average Bonchev–Trinajstić information content (AvgIpc) is 2.46. The van der Waals surface area contributed by atoms with Crippen molar-refractivity contribution in [3.05, 3.63) is 42.5 Å². The lowest BCUT2D eigenvalue weighted by Crippen LogP contribution is -2.43. The van der Waals surface area contributed by atoms with E-state index in [0.717, 1.165) is 5.39 Å². The first-order valence-electron chi connectivity index (χ1n) is 6.34. The van der Waals surface area contributed by atoms with Gasteiger partial charge in [-0.05, 0) is 11.5 Å². The monoisotopic (exact) mass is 322 g/mol. The quantitative estimate of drug-likeness (QED) is 0.669. The van der Waals surface area contributed by atoms with Crippen LogP contribution >= 0.6 is 0 Å². The number of anilines is 1. The summed E-state index contributed by atoms with van der Waals surface area (Å²) in [7, 11) is -3.27. The number of fused-ring (bicyclic) bond motifs is 1. The topological polar surface area (TPSA) is 118 Å². The molecule has 7 nitrogen and oxygen atoms in total. The van der Waals surface area contributed by atoms with Crippen LogP contribution in [-0.4, -0.2) is 31.4 Å². The van der Waals surface area contributed by atoms with E-state index in [1.54, 1.807) is 36.4 Å². The van der Waals surface area contributed by atoms with Gasteiger partial charge in [0.2, 0.25) is 16.8 Å². The molecule has 2 aromatic rings. The smallest absolute Gasteiger partial charge is 0.328 e. The highest BCUT2D eigenvalue weighted by molar-refractivity contribution is 7.74. The Balaban J connectivity index is 2.64. The lowest BCUT2D eigenvalue weighted by atomic mass is 10.1. The standard InChI is InChI=1S/C14H14N2O5S/c15-13(17)8-12(14(18)19)16(22(20)21)11-7-3-5-9-4-1-2-6-10(9)11/h1-7,12,22H,8H2,(H2,15,17)(H,18,19)/t12-/m0/s1. The maximum absolute atomic E-state index is 11.6. The van der Waals surface area contributed by atoms with Crippen LogP contribution in [0.1, 0.15) is 6.42 Å². The van der Waals surface area contributed by atoms with Gasteiger partial charge in [-0.3, -0.25) is 9.10 Å². The zero-order valence-electron chi connectivity index (χ0n) is 11.4. The minimum atomic E-state index is -3.27. The van der Waals surface area contributed by atoms with Gasteiger partial charge in [-0.15, -0.1) is 0 Å². The van der Waals surface area contributed by atoms with Crippen molar-refractivity contribution in [3.63, 3.8) is 0 Å². The van der Waals surface area contributed by atoms with E-state index in [4.69, 9.17) is 5.73 Å². The molecule has 0 aliphatic heterocycles. The molecule has 1 amide bonds. The number of carboxylic acids is 1. The molecule has 8 heteroatoms. The van der Waals surface area contributed by atoms with Gasteiger partial charge >= 0.3 is 5.97 Å². The van der Waals surface area contributed by atoms with E-state index in [-0.39, 0.29) is 5.69 Å². The fraction of sp³-hybridized carbons (Fsp3) is 0.143. The molecule has 116 valence electrons. The molecule has 0 unspecified atom stereocenters. The van der Waals surface area contributed by atoms with Gasteiger partial charge in [0, 0.05) is 5.39 Å². The van der Waals surface area contributed by atoms with Crippen molar-refractivity contribution in [1.29, 1.82) is 0 Å². The van der Waals surface area contributed by atoms with E-state index in [2.05, 4.69) is 0 Å². The van der Waals surface area contributed by atoms with Crippen LogP contribution in [-0.2, 0) is 20.5 Å². The highest BCUT2D eigenvalue weighted by Crippen LogP contribution is 2.29. The number of thiol groups is 1. The van der Waals surface area contributed by atoms with Crippen LogP contribution in [0.15, 0.2) is 42.5 Å². The van der Waals surface area contributed by atoms with Crippen molar-refractivity contribution < 1.29 is 23.1 Å². The number of amides is 1. The van der Waals surface area contributed by atoms with Gasteiger partial charge in [0.05, 0.1) is 12.1 Å². The number of aliphatic carboxylic acids is 1. The molecular weight excluding hydrogens is 308 g/mol. The Morgan fingerprint density at radius 3 is 2.36 bits per heavy atom. The number of carbonyl (C=O) groups is 2. The first kappa shape index (κ1) is 15.8. The van der Waals surface area contributed by atoms with E-state index in [9.17, 15) is 23.1 Å². The van der Waals surface area contributed by atoms with Crippen molar-refractivity contribution in [1.82, 2.24) is 0 Å². The molecule has 22 heavy (non-hydrogen) atoms. The number of hydrogen-bond acceptors (Lipinski definition) is 4. The summed E-state index contributed by atoms with van der Waals surface area (Å²) in [6.45, 7) is 0. The predicted molar refractivity (Wildman–Crippen MR) is 82.0 cm³/mol. The summed E-state index contributed by atoms with van der Waals surface area (Å²) in [5.74, 6) is -2.33. The van der Waals surface area contributed by atoms with Crippen molar-refractivity contribution >= 4 is 39.2 Å². The van der Waals surface area contributed by atoms with Gasteiger partial charge < -0.3 is 10.8 Å². The predicted octanol–water partition coefficient (Wildman–Crippen LogP) is 0.501. The molecule has 0 radical (unpaired) electrons. The second kappa shape index (κ2) is 6.44. The summed E-state index contributed by atoms with van der Waals surface area (Å²) in [5, 5.41) is 10.6. The number of carbonyl (C=O) groups excluding carboxylic acids is 1. The van der Waals surface area contributed by atoms with Crippen LogP contribution in [0.5, 0.6) is 0 Å². The van der Waals surface area contributed by atoms with Gasteiger partial charge in [-0.1, -0.05) is 36.4 Å². The molecule has 0 saturated heterocycles. The van der Waals surface area contributed by atoms with Crippen LogP contribution < -0.4 is 10.0 Å². The summed E-state index contributed by atoms with van der Waals surface area (Å²) < 4.78 is 23.9. The van der Waals surface area contributed by atoms with Crippen LogP contribution in [0, 0.1) is 0 Å². The molecule has 0 aromatic heterocycles. The second-order valence-electron chi connectivity index (χ2n) is 4.61. The van der Waals surface area contributed by atoms with Crippen LogP contribution in [0.2, 0.25) is 0 Å². The van der Waals surface area contributed by atoms with Crippen LogP contribution in [0.3, 0.4) is 0 Å². The zero-order valence-corrected chi connectivity index (χ0v) is 12.3. The maximum atomic E-state index is 11.6. The number of primary amides is 1. The molecule has 1 atom stereocenters. The molecule has 0 aliphatic rings. The SMILES string of the molecule is NC(=O)C[C@@H](C(=O)O)N(c1cccc2ccccc12)[SH](=O)=O. The third-order valence-corrected chi connectivity index (χ3v) is 4.01. The van der Waals surface area contributed by atoms with Gasteiger partial charge in [-0.25, -0.2) is 13.2 Å². The number of carboxylic acid groups (broad SMARTS) is 1. The number of nitrogens with two attached hydrogens (primary N) is 1. The summed E-state index contributed by atoms with van der Waals surface area (Å²) in [5.41, 5.74) is 5.23. The van der Waals surface area contributed by atoms with Gasteiger partial charge in [0.25, 0.3) is 0 Å². The summed E-state index contributed by atoms with van der Waals surface area (Å²) >= 11 is 0. The van der Waals surface area contributed by atoms with Crippen molar-refractivity contribution in [2.45, 2.75) is 12.5 Å². The van der Waals surface area contributed by atoms with Crippen LogP contribution in [0.25, 0.3) is 10.8 Å². The van der Waals surface area contributed by atoms with Gasteiger partial charge in [0.15, 0.2) is 6.04 Å². The zero-order chi connectivity index (χ0) is 16.3. The number of hydrogen-bond donors (Lipinski definition) is 3. The number of nitrogens with zero attached hydrogens (tertiary/aromatic N) is 1. The Kier molecular flexibility index (Phi) is 4.62. The Morgan fingerprint density at radius 2 is 1.77 bits per heavy atom. The minimum absolute atomic E-state index is 0.197. The average molecular weight is 322 g/mol. The molecular formula is C14H14N2O5S. The highest BCUT2D eigenvalue weighted by atomic mass is 32.2.